The van der Waals surface area contributed by atoms with Gasteiger partial charge in [0.15, 0.2) is 5.78 Å². The molecule has 1 saturated heterocycles. The maximum Gasteiger partial charge on any atom is 0.325 e. The first-order valence-corrected chi connectivity index (χ1v) is 10.5. The maximum atomic E-state index is 13.1. The molecular weight excluding hydrogens is 396 g/mol. The summed E-state index contributed by atoms with van der Waals surface area (Å²) in [5, 5.41) is 13.2. The molecule has 0 saturated carbocycles. The smallest absolute Gasteiger partial charge is 0.325 e. The number of imide groups is 1. The summed E-state index contributed by atoms with van der Waals surface area (Å²) in [5.41, 5.74) is 2.61. The van der Waals surface area contributed by atoms with Crippen LogP contribution in [0.4, 0.5) is 4.79 Å². The Morgan fingerprint density at radius 3 is 2.74 bits per heavy atom. The zero-order valence-electron chi connectivity index (χ0n) is 17.7. The van der Waals surface area contributed by atoms with Crippen molar-refractivity contribution in [2.24, 2.45) is 0 Å². The van der Waals surface area contributed by atoms with Crippen molar-refractivity contribution in [2.45, 2.75) is 44.8 Å². The molecule has 4 rings (SSSR count). The average molecular weight is 422 g/mol. The number of aliphatic hydroxyl groups excluding tert-OH is 1. The van der Waals surface area contributed by atoms with Crippen molar-refractivity contribution < 1.29 is 24.2 Å². The topological polar surface area (TPSA) is 95.9 Å². The lowest BCUT2D eigenvalue weighted by Crippen LogP contribution is -2.42. The normalized spacial score (nSPS) is 21.1. The zero-order chi connectivity index (χ0) is 22.2. The molecule has 1 aliphatic carbocycles. The van der Waals surface area contributed by atoms with Gasteiger partial charge in [-0.1, -0.05) is 30.3 Å². The van der Waals surface area contributed by atoms with Gasteiger partial charge in [-0.25, -0.2) is 4.79 Å². The second-order valence-electron chi connectivity index (χ2n) is 8.36. The lowest BCUT2D eigenvalue weighted by Gasteiger charge is -2.24. The first-order chi connectivity index (χ1) is 14.8. The molecule has 3 amide bonds. The summed E-state index contributed by atoms with van der Waals surface area (Å²) in [4.78, 5) is 38.2. The monoisotopic (exact) mass is 422 g/mol. The molecule has 31 heavy (non-hydrogen) atoms. The number of nitrogens with one attached hydrogen (secondary N) is 1. The van der Waals surface area contributed by atoms with Crippen LogP contribution in [-0.4, -0.2) is 47.0 Å². The summed E-state index contributed by atoms with van der Waals surface area (Å²) in [6.45, 7) is 2.86. The quantitative estimate of drug-likeness (QED) is 0.528. The molecule has 2 aromatic rings. The van der Waals surface area contributed by atoms with Gasteiger partial charge >= 0.3 is 6.03 Å². The molecule has 2 aromatic carbocycles. The summed E-state index contributed by atoms with van der Waals surface area (Å²) in [6, 6.07) is 12.0. The molecule has 162 valence electrons. The number of carbonyl (C=O) groups is 3. The summed E-state index contributed by atoms with van der Waals surface area (Å²) in [5.74, 6) is -0.0452. The zero-order valence-corrected chi connectivity index (χ0v) is 17.7. The second-order valence-corrected chi connectivity index (χ2v) is 8.36. The molecule has 2 atom stereocenters. The molecule has 2 aliphatic rings. The number of hydrogen-bond acceptors (Lipinski definition) is 5. The van der Waals surface area contributed by atoms with Gasteiger partial charge in [-0.05, 0) is 61.9 Å². The van der Waals surface area contributed by atoms with Gasteiger partial charge in [-0.2, -0.15) is 0 Å². The van der Waals surface area contributed by atoms with Gasteiger partial charge in [-0.3, -0.25) is 14.5 Å². The predicted octanol–water partition coefficient (Wildman–Crippen LogP) is 2.58. The van der Waals surface area contributed by atoms with Gasteiger partial charge < -0.3 is 15.2 Å². The van der Waals surface area contributed by atoms with Gasteiger partial charge in [0.25, 0.3) is 5.91 Å². The fourth-order valence-corrected chi connectivity index (χ4v) is 4.20. The van der Waals surface area contributed by atoms with Gasteiger partial charge in [0.1, 0.15) is 24.0 Å². The molecule has 0 spiro atoms. The van der Waals surface area contributed by atoms with Crippen molar-refractivity contribution in [1.29, 1.82) is 0 Å². The Morgan fingerprint density at radius 1 is 1.19 bits per heavy atom. The van der Waals surface area contributed by atoms with Gasteiger partial charge in [0.05, 0.1) is 6.54 Å². The van der Waals surface area contributed by atoms with Crippen molar-refractivity contribution in [3.63, 3.8) is 0 Å². The van der Waals surface area contributed by atoms with Crippen LogP contribution in [0.15, 0.2) is 42.5 Å². The van der Waals surface area contributed by atoms with Crippen molar-refractivity contribution in [1.82, 2.24) is 10.2 Å². The summed E-state index contributed by atoms with van der Waals surface area (Å²) >= 11 is 0. The Labute approximate surface area is 181 Å². The van der Waals surface area contributed by atoms with Gasteiger partial charge in [-0.15, -0.1) is 0 Å². The molecule has 7 heteroatoms. The highest BCUT2D eigenvalue weighted by Gasteiger charge is 2.49. The largest absolute Gasteiger partial charge is 0.491 e. The molecule has 1 aliphatic heterocycles. The van der Waals surface area contributed by atoms with Crippen LogP contribution in [0.5, 0.6) is 5.75 Å². The molecule has 2 N–H and O–H groups in total. The number of aryl methyl sites for hydroxylation is 2. The fraction of sp³-hybridized carbons (Fsp3) is 0.375. The van der Waals surface area contributed by atoms with E-state index in [-0.39, 0.29) is 18.9 Å². The number of β-amino-alcohol motifs (C(OH)–C–C–N with tert-alkyl or cyclic N) is 1. The van der Waals surface area contributed by atoms with E-state index in [0.29, 0.717) is 11.3 Å². The standard InChI is InChI=1S/C24H26N2O5/c1-15(27)17-6-4-8-21(12-17)31-14-20(28)13-26-22(29)24(2,25-23(26)30)19-10-9-16-5-3-7-18(16)11-19/h4,6,8-12,20,28H,3,5,7,13-14H2,1-2H3,(H,25,30)/t20-,24-/m1/s1. The first-order valence-electron chi connectivity index (χ1n) is 10.5. The number of carbonyl (C=O) groups excluding carboxylic acids is 3. The molecule has 0 radical (unpaired) electrons. The van der Waals surface area contributed by atoms with Crippen LogP contribution in [0.3, 0.4) is 0 Å². The highest BCUT2D eigenvalue weighted by atomic mass is 16.5. The summed E-state index contributed by atoms with van der Waals surface area (Å²) < 4.78 is 5.55. The molecule has 1 fully saturated rings. The van der Waals surface area contributed by atoms with Gasteiger partial charge in [0.2, 0.25) is 0 Å². The molecule has 7 nitrogen and oxygen atoms in total. The third kappa shape index (κ3) is 4.05. The number of benzene rings is 2. The third-order valence-electron chi connectivity index (χ3n) is 6.03. The Hall–Kier alpha value is -3.19. The first kappa shape index (κ1) is 21.1. The number of fused-ring (bicyclic) bond motifs is 1. The van der Waals surface area contributed by atoms with Crippen molar-refractivity contribution in [2.75, 3.05) is 13.2 Å². The minimum absolute atomic E-state index is 0.0869. The molecule has 0 aromatic heterocycles. The van der Waals surface area contributed by atoms with Crippen LogP contribution in [0.25, 0.3) is 0 Å². The summed E-state index contributed by atoms with van der Waals surface area (Å²) in [6.07, 6.45) is 2.05. The van der Waals surface area contributed by atoms with E-state index in [4.69, 9.17) is 4.74 Å². The number of nitrogens with zero attached hydrogens (tertiary/aromatic N) is 1. The molecule has 1 heterocycles. The van der Waals surface area contributed by atoms with E-state index in [1.54, 1.807) is 31.2 Å². The maximum absolute atomic E-state index is 13.1. The predicted molar refractivity (Wildman–Crippen MR) is 114 cm³/mol. The second kappa shape index (κ2) is 8.15. The number of urea groups is 1. The lowest BCUT2D eigenvalue weighted by atomic mass is 9.89. The van der Waals surface area contributed by atoms with E-state index in [9.17, 15) is 19.5 Å². The van der Waals surface area contributed by atoms with Crippen molar-refractivity contribution in [3.05, 3.63) is 64.7 Å². The number of Topliss-reactive ketones (excluding diaryl/α,β-unsaturated/α-hetero) is 1. The minimum atomic E-state index is -1.16. The molecule has 0 unspecified atom stereocenters. The SMILES string of the molecule is CC(=O)c1cccc(OC[C@H](O)CN2C(=O)N[C@](C)(c3ccc4c(c3)CCC4)C2=O)c1. The van der Waals surface area contributed by atoms with Crippen LogP contribution in [-0.2, 0) is 23.2 Å². The van der Waals surface area contributed by atoms with Crippen molar-refractivity contribution in [3.8, 4) is 5.75 Å². The van der Waals surface area contributed by atoms with Crippen LogP contribution >= 0.6 is 0 Å². The number of amides is 3. The number of aliphatic hydroxyl groups is 1. The Balaban J connectivity index is 1.42. The lowest BCUT2D eigenvalue weighted by molar-refractivity contribution is -0.132. The number of ether oxygens (including phenoxy) is 1. The Kier molecular flexibility index (Phi) is 5.54. The van der Waals surface area contributed by atoms with Crippen LogP contribution in [0.1, 0.15) is 47.3 Å². The summed E-state index contributed by atoms with van der Waals surface area (Å²) in [7, 11) is 0. The molecular formula is C24H26N2O5. The highest BCUT2D eigenvalue weighted by Crippen LogP contribution is 2.32. The van der Waals surface area contributed by atoms with Crippen molar-refractivity contribution >= 4 is 17.7 Å². The number of ketones is 1. The van der Waals surface area contributed by atoms with E-state index in [1.807, 2.05) is 18.2 Å². The van der Waals surface area contributed by atoms with E-state index < -0.39 is 23.6 Å². The van der Waals surface area contributed by atoms with E-state index in [0.717, 1.165) is 29.7 Å². The molecule has 0 bridgehead atoms. The number of rotatable bonds is 7. The van der Waals surface area contributed by atoms with E-state index in [2.05, 4.69) is 5.32 Å². The van der Waals surface area contributed by atoms with Crippen LogP contribution < -0.4 is 10.1 Å². The van der Waals surface area contributed by atoms with Crippen LogP contribution in [0.2, 0.25) is 0 Å². The van der Waals surface area contributed by atoms with E-state index >= 15 is 0 Å². The fourth-order valence-electron chi connectivity index (χ4n) is 4.20. The number of hydrogen-bond donors (Lipinski definition) is 2. The minimum Gasteiger partial charge on any atom is -0.491 e. The highest BCUT2D eigenvalue weighted by molar-refractivity contribution is 6.07. The van der Waals surface area contributed by atoms with Crippen LogP contribution in [0, 0.1) is 0 Å². The third-order valence-corrected chi connectivity index (χ3v) is 6.03. The van der Waals surface area contributed by atoms with E-state index in [1.165, 1.54) is 18.1 Å². The Bertz CT molecular complexity index is 1050. The Morgan fingerprint density at radius 2 is 1.97 bits per heavy atom. The average Bonchev–Trinajstić information content (AvgIpc) is 3.31. The van der Waals surface area contributed by atoms with Gasteiger partial charge in [0, 0.05) is 5.56 Å².